The monoisotopic (exact) mass is 297 g/mol. The Morgan fingerprint density at radius 2 is 1.85 bits per heavy atom. The Morgan fingerprint density at radius 3 is 2.55 bits per heavy atom. The Bertz CT molecular complexity index is 591. The molecular formula is C13H12FNO4S. The van der Waals surface area contributed by atoms with Gasteiger partial charge in [-0.3, -0.25) is 4.55 Å². The highest BCUT2D eigenvalue weighted by Crippen LogP contribution is 2.29. The van der Waals surface area contributed by atoms with Gasteiger partial charge in [0.05, 0.1) is 5.69 Å². The van der Waals surface area contributed by atoms with Crippen molar-refractivity contribution in [1.82, 2.24) is 0 Å². The molecular weight excluding hydrogens is 285 g/mol. The van der Waals surface area contributed by atoms with E-state index in [1.54, 1.807) is 24.3 Å². The molecule has 0 spiro atoms. The van der Waals surface area contributed by atoms with Gasteiger partial charge in [-0.1, -0.05) is 12.1 Å². The zero-order valence-corrected chi connectivity index (χ0v) is 11.1. The minimum absolute atomic E-state index is 0.146. The largest absolute Gasteiger partial charge is 0.455 e. The number of hydrogen-bond donors (Lipinski definition) is 2. The minimum Gasteiger partial charge on any atom is -0.455 e. The van der Waals surface area contributed by atoms with Crippen molar-refractivity contribution in [3.8, 4) is 11.5 Å². The van der Waals surface area contributed by atoms with Crippen LogP contribution in [0.4, 0.5) is 10.1 Å². The fourth-order valence-electron chi connectivity index (χ4n) is 1.49. The highest BCUT2D eigenvalue weighted by Gasteiger charge is 2.04. The summed E-state index contributed by atoms with van der Waals surface area (Å²) in [5, 5.41) is 2.80. The van der Waals surface area contributed by atoms with E-state index in [0.717, 1.165) is 0 Å². The zero-order valence-electron chi connectivity index (χ0n) is 10.3. The number of halogens is 1. The van der Waals surface area contributed by atoms with Crippen LogP contribution in [-0.4, -0.2) is 15.5 Å². The van der Waals surface area contributed by atoms with Gasteiger partial charge in [-0.15, -0.1) is 0 Å². The van der Waals surface area contributed by atoms with E-state index >= 15 is 0 Å². The van der Waals surface area contributed by atoms with Crippen molar-refractivity contribution in [2.45, 2.75) is 0 Å². The van der Waals surface area contributed by atoms with Crippen LogP contribution in [0.5, 0.6) is 11.5 Å². The normalized spacial score (nSPS) is 11.9. The molecule has 0 aliphatic rings. The maximum atomic E-state index is 12.8. The predicted octanol–water partition coefficient (Wildman–Crippen LogP) is 3.14. The van der Waals surface area contributed by atoms with Crippen LogP contribution >= 0.6 is 0 Å². The molecule has 2 aromatic carbocycles. The van der Waals surface area contributed by atoms with Crippen molar-refractivity contribution in [3.05, 3.63) is 54.3 Å². The Morgan fingerprint density at radius 1 is 1.15 bits per heavy atom. The molecule has 106 valence electrons. The van der Waals surface area contributed by atoms with Crippen LogP contribution in [0.1, 0.15) is 0 Å². The highest BCUT2D eigenvalue weighted by atomic mass is 32.2. The third-order valence-electron chi connectivity index (χ3n) is 2.35. The maximum Gasteiger partial charge on any atom is 0.303 e. The molecule has 0 bridgehead atoms. The molecule has 0 aromatic heterocycles. The summed E-state index contributed by atoms with van der Waals surface area (Å²) >= 11 is -2.33. The lowest BCUT2D eigenvalue weighted by Gasteiger charge is -2.12. The number of hydrogen-bond acceptors (Lipinski definition) is 4. The van der Waals surface area contributed by atoms with Gasteiger partial charge in [-0.2, -0.15) is 4.21 Å². The van der Waals surface area contributed by atoms with Gasteiger partial charge in [0, 0.05) is 0 Å². The molecule has 1 atom stereocenters. The van der Waals surface area contributed by atoms with Gasteiger partial charge < -0.3 is 10.1 Å². The second-order valence-corrected chi connectivity index (χ2v) is 4.38. The quantitative estimate of drug-likeness (QED) is 0.633. The van der Waals surface area contributed by atoms with E-state index in [4.69, 9.17) is 9.29 Å². The van der Waals surface area contributed by atoms with Crippen LogP contribution in [0.15, 0.2) is 48.5 Å². The van der Waals surface area contributed by atoms with Crippen LogP contribution in [0.3, 0.4) is 0 Å². The summed E-state index contributed by atoms with van der Waals surface area (Å²) in [6.45, 7) is -0.146. The maximum absolute atomic E-state index is 12.8. The van der Waals surface area contributed by atoms with Crippen molar-refractivity contribution >= 4 is 17.0 Å². The van der Waals surface area contributed by atoms with E-state index in [-0.39, 0.29) is 12.5 Å². The second-order valence-electron chi connectivity index (χ2n) is 3.71. The molecule has 0 aliphatic carbocycles. The first-order valence-electron chi connectivity index (χ1n) is 5.65. The van der Waals surface area contributed by atoms with Gasteiger partial charge in [0.1, 0.15) is 18.3 Å². The standard InChI is InChI=1S/C13H12FNO4S/c14-10-5-7-11(8-6-10)19-13-4-2-1-3-12(13)15-9-18-20(16)17/h1-8,15H,9H2,(H,16,17). The van der Waals surface area contributed by atoms with E-state index in [0.29, 0.717) is 17.2 Å². The van der Waals surface area contributed by atoms with E-state index in [2.05, 4.69) is 9.50 Å². The summed E-state index contributed by atoms with van der Waals surface area (Å²) in [4.78, 5) is 0. The molecule has 20 heavy (non-hydrogen) atoms. The number of rotatable bonds is 6. The molecule has 0 saturated heterocycles. The highest BCUT2D eigenvalue weighted by molar-refractivity contribution is 7.74. The second kappa shape index (κ2) is 6.99. The Hall–Kier alpha value is -1.96. The van der Waals surface area contributed by atoms with Crippen LogP contribution in [0.25, 0.3) is 0 Å². The molecule has 0 saturated carbocycles. The number of para-hydroxylation sites is 2. The molecule has 2 N–H and O–H groups in total. The molecule has 7 heteroatoms. The Kier molecular flexibility index (Phi) is 5.05. The molecule has 5 nitrogen and oxygen atoms in total. The fraction of sp³-hybridized carbons (Fsp3) is 0.0769. The third kappa shape index (κ3) is 4.30. The summed E-state index contributed by atoms with van der Waals surface area (Å²) in [5.41, 5.74) is 0.585. The van der Waals surface area contributed by atoms with E-state index in [1.807, 2.05) is 0 Å². The van der Waals surface area contributed by atoms with Crippen LogP contribution in [0, 0.1) is 5.82 Å². The fourth-order valence-corrected chi connectivity index (χ4v) is 1.65. The molecule has 0 heterocycles. The lowest BCUT2D eigenvalue weighted by molar-refractivity contribution is 0.329. The first-order chi connectivity index (χ1) is 9.65. The molecule has 0 radical (unpaired) electrons. The Balaban J connectivity index is 2.07. The summed E-state index contributed by atoms with van der Waals surface area (Å²) < 4.78 is 41.8. The predicted molar refractivity (Wildman–Crippen MR) is 73.3 cm³/mol. The van der Waals surface area contributed by atoms with Gasteiger partial charge in [0.15, 0.2) is 5.75 Å². The lowest BCUT2D eigenvalue weighted by atomic mass is 10.3. The zero-order chi connectivity index (χ0) is 14.4. The molecule has 1 unspecified atom stereocenters. The lowest BCUT2D eigenvalue weighted by Crippen LogP contribution is -2.08. The van der Waals surface area contributed by atoms with Crippen LogP contribution in [0.2, 0.25) is 0 Å². The summed E-state index contributed by atoms with van der Waals surface area (Å²) in [5.74, 6) is 0.626. The van der Waals surface area contributed by atoms with Crippen molar-refractivity contribution < 1.29 is 22.1 Å². The molecule has 2 rings (SSSR count). The van der Waals surface area contributed by atoms with Gasteiger partial charge in [0.25, 0.3) is 0 Å². The minimum atomic E-state index is -2.33. The van der Waals surface area contributed by atoms with Crippen LogP contribution < -0.4 is 10.1 Å². The van der Waals surface area contributed by atoms with Crippen molar-refractivity contribution in [1.29, 1.82) is 0 Å². The third-order valence-corrected chi connectivity index (χ3v) is 2.67. The smallest absolute Gasteiger partial charge is 0.303 e. The molecule has 2 aromatic rings. The topological polar surface area (TPSA) is 67.8 Å². The SMILES string of the molecule is O=S(O)OCNc1ccccc1Oc1ccc(F)cc1. The average molecular weight is 297 g/mol. The van der Waals surface area contributed by atoms with Gasteiger partial charge >= 0.3 is 11.4 Å². The number of ether oxygens (including phenoxy) is 1. The van der Waals surface area contributed by atoms with Crippen LogP contribution in [-0.2, 0) is 15.5 Å². The van der Waals surface area contributed by atoms with Gasteiger partial charge in [0.2, 0.25) is 0 Å². The number of benzene rings is 2. The number of anilines is 1. The molecule has 0 aliphatic heterocycles. The van der Waals surface area contributed by atoms with E-state index in [9.17, 15) is 8.60 Å². The summed E-state index contributed by atoms with van der Waals surface area (Å²) in [6.07, 6.45) is 0. The van der Waals surface area contributed by atoms with Gasteiger partial charge in [-0.25, -0.2) is 8.57 Å². The van der Waals surface area contributed by atoms with Crippen molar-refractivity contribution in [3.63, 3.8) is 0 Å². The van der Waals surface area contributed by atoms with Gasteiger partial charge in [-0.05, 0) is 36.4 Å². The van der Waals surface area contributed by atoms with E-state index in [1.165, 1.54) is 24.3 Å². The molecule has 0 fully saturated rings. The first-order valence-corrected chi connectivity index (χ1v) is 6.69. The Labute approximate surface area is 117 Å². The van der Waals surface area contributed by atoms with Crippen molar-refractivity contribution in [2.24, 2.45) is 0 Å². The summed E-state index contributed by atoms with van der Waals surface area (Å²) in [7, 11) is 0. The number of nitrogens with one attached hydrogen (secondary N) is 1. The first kappa shape index (κ1) is 14.4. The average Bonchev–Trinajstić information content (AvgIpc) is 2.43. The summed E-state index contributed by atoms with van der Waals surface area (Å²) in [6, 6.07) is 12.6. The van der Waals surface area contributed by atoms with E-state index < -0.39 is 11.4 Å². The van der Waals surface area contributed by atoms with Crippen molar-refractivity contribution in [2.75, 3.05) is 12.0 Å². The molecule has 0 amide bonds.